The molecule has 0 spiro atoms. The molecule has 0 amide bonds. The van der Waals surface area contributed by atoms with Crippen LogP contribution in [0.15, 0.2) is 24.3 Å². The fourth-order valence-corrected chi connectivity index (χ4v) is 2.85. The number of hydrogen-bond donors (Lipinski definition) is 1. The maximum Gasteiger partial charge on any atom is 0.269 e. The van der Waals surface area contributed by atoms with E-state index < -0.39 is 0 Å². The van der Waals surface area contributed by atoms with Crippen LogP contribution in [0.5, 0.6) is 0 Å². The minimum Gasteiger partial charge on any atom is -0.310 e. The standard InChI is InChI=1S/C16H25N3O2/c1-3-18-10-8-14(9-11-18)12-17-13(2)15-4-6-16(7-5-15)19(20)21/h4-7,13-14,17H,3,8-12H2,1-2H3. The summed E-state index contributed by atoms with van der Waals surface area (Å²) in [4.78, 5) is 12.8. The molecule has 1 N–H and O–H groups in total. The molecule has 5 nitrogen and oxygen atoms in total. The summed E-state index contributed by atoms with van der Waals surface area (Å²) in [5.41, 5.74) is 1.25. The van der Waals surface area contributed by atoms with E-state index in [0.717, 1.165) is 24.6 Å². The highest BCUT2D eigenvalue weighted by atomic mass is 16.6. The predicted molar refractivity (Wildman–Crippen MR) is 84.4 cm³/mol. The van der Waals surface area contributed by atoms with Gasteiger partial charge in [-0.15, -0.1) is 0 Å². The third kappa shape index (κ3) is 4.51. The Morgan fingerprint density at radius 2 is 1.95 bits per heavy atom. The van der Waals surface area contributed by atoms with Gasteiger partial charge in [0.05, 0.1) is 4.92 Å². The van der Waals surface area contributed by atoms with Gasteiger partial charge in [0.15, 0.2) is 0 Å². The van der Waals surface area contributed by atoms with E-state index in [1.54, 1.807) is 12.1 Å². The van der Waals surface area contributed by atoms with Crippen molar-refractivity contribution in [3.8, 4) is 0 Å². The molecule has 0 aromatic heterocycles. The van der Waals surface area contributed by atoms with Crippen LogP contribution in [0.1, 0.15) is 38.3 Å². The number of benzene rings is 1. The summed E-state index contributed by atoms with van der Waals surface area (Å²) in [6.45, 7) is 8.91. The minimum absolute atomic E-state index is 0.151. The summed E-state index contributed by atoms with van der Waals surface area (Å²) >= 11 is 0. The van der Waals surface area contributed by atoms with Crippen molar-refractivity contribution < 1.29 is 4.92 Å². The fourth-order valence-electron chi connectivity index (χ4n) is 2.85. The van der Waals surface area contributed by atoms with E-state index >= 15 is 0 Å². The van der Waals surface area contributed by atoms with Crippen molar-refractivity contribution in [2.75, 3.05) is 26.2 Å². The molecule has 0 aliphatic carbocycles. The molecule has 1 atom stereocenters. The molecule has 0 radical (unpaired) electrons. The molecule has 1 aliphatic heterocycles. The molecule has 1 unspecified atom stereocenters. The zero-order valence-electron chi connectivity index (χ0n) is 12.9. The van der Waals surface area contributed by atoms with Crippen LogP contribution in [0.4, 0.5) is 5.69 Å². The molecule has 1 aliphatic rings. The molecule has 21 heavy (non-hydrogen) atoms. The molecule has 1 heterocycles. The van der Waals surface area contributed by atoms with Gasteiger partial charge in [-0.05, 0) is 57.4 Å². The Bertz CT molecular complexity index is 453. The van der Waals surface area contributed by atoms with Gasteiger partial charge in [-0.3, -0.25) is 10.1 Å². The van der Waals surface area contributed by atoms with Crippen molar-refractivity contribution in [3.63, 3.8) is 0 Å². The van der Waals surface area contributed by atoms with E-state index in [4.69, 9.17) is 0 Å². The highest BCUT2D eigenvalue weighted by Gasteiger charge is 2.18. The summed E-state index contributed by atoms with van der Waals surface area (Å²) in [6.07, 6.45) is 2.52. The first kappa shape index (κ1) is 15.9. The Morgan fingerprint density at radius 1 is 1.33 bits per heavy atom. The maximum atomic E-state index is 10.7. The van der Waals surface area contributed by atoms with Crippen LogP contribution in [-0.4, -0.2) is 36.0 Å². The maximum absolute atomic E-state index is 10.7. The van der Waals surface area contributed by atoms with Gasteiger partial charge in [-0.2, -0.15) is 0 Å². The number of rotatable bonds is 6. The van der Waals surface area contributed by atoms with Gasteiger partial charge >= 0.3 is 0 Å². The largest absolute Gasteiger partial charge is 0.310 e. The number of nitro groups is 1. The van der Waals surface area contributed by atoms with Gasteiger partial charge in [-0.25, -0.2) is 0 Å². The third-order valence-corrected chi connectivity index (χ3v) is 4.47. The van der Waals surface area contributed by atoms with E-state index in [1.807, 2.05) is 12.1 Å². The van der Waals surface area contributed by atoms with Crippen molar-refractivity contribution in [2.45, 2.75) is 32.7 Å². The highest BCUT2D eigenvalue weighted by Crippen LogP contribution is 2.20. The lowest BCUT2D eigenvalue weighted by Crippen LogP contribution is -2.37. The zero-order chi connectivity index (χ0) is 15.2. The quantitative estimate of drug-likeness (QED) is 0.646. The van der Waals surface area contributed by atoms with Crippen LogP contribution in [0.3, 0.4) is 0 Å². The fraction of sp³-hybridized carbons (Fsp3) is 0.625. The van der Waals surface area contributed by atoms with Crippen LogP contribution in [0.25, 0.3) is 0 Å². The molecule has 0 saturated carbocycles. The van der Waals surface area contributed by atoms with Gasteiger partial charge in [0.25, 0.3) is 5.69 Å². The summed E-state index contributed by atoms with van der Waals surface area (Å²) in [7, 11) is 0. The lowest BCUT2D eigenvalue weighted by atomic mass is 9.96. The second kappa shape index (κ2) is 7.52. The number of nitrogens with one attached hydrogen (secondary N) is 1. The molecule has 5 heteroatoms. The molecular weight excluding hydrogens is 266 g/mol. The Morgan fingerprint density at radius 3 is 2.48 bits per heavy atom. The van der Waals surface area contributed by atoms with E-state index in [0.29, 0.717) is 0 Å². The van der Waals surface area contributed by atoms with Crippen molar-refractivity contribution in [1.29, 1.82) is 0 Å². The van der Waals surface area contributed by atoms with Gasteiger partial charge < -0.3 is 10.2 Å². The minimum atomic E-state index is -0.358. The number of non-ortho nitro benzene ring substituents is 1. The summed E-state index contributed by atoms with van der Waals surface area (Å²) in [6, 6.07) is 7.07. The second-order valence-electron chi connectivity index (χ2n) is 5.86. The number of piperidine rings is 1. The summed E-state index contributed by atoms with van der Waals surface area (Å²) in [5.74, 6) is 0.744. The molecule has 116 valence electrons. The lowest BCUT2D eigenvalue weighted by Gasteiger charge is -2.31. The van der Waals surface area contributed by atoms with Gasteiger partial charge in [-0.1, -0.05) is 19.1 Å². The SMILES string of the molecule is CCN1CCC(CNC(C)c2ccc([N+](=O)[O-])cc2)CC1. The van der Waals surface area contributed by atoms with Gasteiger partial charge in [0.2, 0.25) is 0 Å². The van der Waals surface area contributed by atoms with Crippen LogP contribution >= 0.6 is 0 Å². The normalized spacial score (nSPS) is 18.6. The van der Waals surface area contributed by atoms with Crippen molar-refractivity contribution in [3.05, 3.63) is 39.9 Å². The first-order valence-corrected chi connectivity index (χ1v) is 7.80. The van der Waals surface area contributed by atoms with Crippen LogP contribution < -0.4 is 5.32 Å². The Balaban J connectivity index is 1.79. The first-order chi connectivity index (χ1) is 10.1. The van der Waals surface area contributed by atoms with Crippen LogP contribution in [0, 0.1) is 16.0 Å². The third-order valence-electron chi connectivity index (χ3n) is 4.47. The van der Waals surface area contributed by atoms with Crippen molar-refractivity contribution in [2.24, 2.45) is 5.92 Å². The van der Waals surface area contributed by atoms with Crippen LogP contribution in [-0.2, 0) is 0 Å². The summed E-state index contributed by atoms with van der Waals surface area (Å²) < 4.78 is 0. The predicted octanol–water partition coefficient (Wildman–Crippen LogP) is 2.98. The molecule has 1 aromatic carbocycles. The van der Waals surface area contributed by atoms with Crippen LogP contribution in [0.2, 0.25) is 0 Å². The van der Waals surface area contributed by atoms with Gasteiger partial charge in [0.1, 0.15) is 0 Å². The average Bonchev–Trinajstić information content (AvgIpc) is 2.53. The number of likely N-dealkylation sites (tertiary alicyclic amines) is 1. The molecule has 2 rings (SSSR count). The van der Waals surface area contributed by atoms with Crippen molar-refractivity contribution >= 4 is 5.69 Å². The van der Waals surface area contributed by atoms with E-state index in [9.17, 15) is 10.1 Å². The van der Waals surface area contributed by atoms with Crippen molar-refractivity contribution in [1.82, 2.24) is 10.2 Å². The molecule has 1 aromatic rings. The second-order valence-corrected chi connectivity index (χ2v) is 5.86. The van der Waals surface area contributed by atoms with Gasteiger partial charge in [0, 0.05) is 18.2 Å². The average molecular weight is 291 g/mol. The van der Waals surface area contributed by atoms with E-state index in [-0.39, 0.29) is 16.7 Å². The highest BCUT2D eigenvalue weighted by molar-refractivity contribution is 5.34. The molecule has 1 saturated heterocycles. The number of nitro benzene ring substituents is 1. The smallest absolute Gasteiger partial charge is 0.269 e. The first-order valence-electron chi connectivity index (χ1n) is 7.80. The number of nitrogens with zero attached hydrogens (tertiary/aromatic N) is 2. The Labute approximate surface area is 126 Å². The molecule has 0 bridgehead atoms. The van der Waals surface area contributed by atoms with E-state index in [1.165, 1.54) is 25.9 Å². The monoisotopic (exact) mass is 291 g/mol. The van der Waals surface area contributed by atoms with E-state index in [2.05, 4.69) is 24.1 Å². The molecule has 1 fully saturated rings. The molecular formula is C16H25N3O2. The topological polar surface area (TPSA) is 58.4 Å². The Kier molecular flexibility index (Phi) is 5.70. The number of hydrogen-bond acceptors (Lipinski definition) is 4. The lowest BCUT2D eigenvalue weighted by molar-refractivity contribution is -0.384. The Hall–Kier alpha value is -1.46. The summed E-state index contributed by atoms with van der Waals surface area (Å²) in [5, 5.41) is 14.2. The zero-order valence-corrected chi connectivity index (χ0v) is 12.9.